The summed E-state index contributed by atoms with van der Waals surface area (Å²) in [4.78, 5) is 8.41. The number of benzene rings is 1. The highest BCUT2D eigenvalue weighted by atomic mass is 19.4. The van der Waals surface area contributed by atoms with E-state index in [9.17, 15) is 18.3 Å². The molecule has 0 aliphatic carbocycles. The Morgan fingerprint density at radius 1 is 0.962 bits per heavy atom. The number of alkyl halides is 3. The average molecular weight is 360 g/mol. The molecule has 2 aromatic heterocycles. The van der Waals surface area contributed by atoms with Gasteiger partial charge < -0.3 is 9.84 Å². The smallest absolute Gasteiger partial charge is 0.422 e. The fourth-order valence-corrected chi connectivity index (χ4v) is 2.37. The third-order valence-electron chi connectivity index (χ3n) is 3.59. The number of aromatic hydroxyl groups is 1. The third kappa shape index (κ3) is 4.72. The first kappa shape index (κ1) is 17.7. The Morgan fingerprint density at radius 3 is 2.46 bits per heavy atom. The molecule has 0 radical (unpaired) electrons. The molecule has 0 unspecified atom stereocenters. The van der Waals surface area contributed by atoms with E-state index in [4.69, 9.17) is 0 Å². The second kappa shape index (κ2) is 7.43. The normalized spacial score (nSPS) is 11.3. The van der Waals surface area contributed by atoms with Gasteiger partial charge in [0.15, 0.2) is 6.61 Å². The summed E-state index contributed by atoms with van der Waals surface area (Å²) in [6, 6.07) is 15.4. The largest absolute Gasteiger partial charge is 0.508 e. The first-order valence-corrected chi connectivity index (χ1v) is 7.79. The molecule has 0 amide bonds. The summed E-state index contributed by atoms with van der Waals surface area (Å²) in [5.41, 5.74) is 2.80. The van der Waals surface area contributed by atoms with Gasteiger partial charge in [0.1, 0.15) is 5.75 Å². The van der Waals surface area contributed by atoms with E-state index in [0.29, 0.717) is 17.7 Å². The lowest BCUT2D eigenvalue weighted by molar-refractivity contribution is -0.154. The zero-order valence-electron chi connectivity index (χ0n) is 13.6. The zero-order valence-corrected chi connectivity index (χ0v) is 13.6. The van der Waals surface area contributed by atoms with Crippen LogP contribution in [0.2, 0.25) is 0 Å². The van der Waals surface area contributed by atoms with Crippen LogP contribution in [0, 0.1) is 0 Å². The van der Waals surface area contributed by atoms with E-state index >= 15 is 0 Å². The van der Waals surface area contributed by atoms with Crippen molar-refractivity contribution >= 4 is 0 Å². The van der Waals surface area contributed by atoms with Crippen LogP contribution in [-0.2, 0) is 6.42 Å². The standard InChI is InChI=1S/C19H15F3N2O2/c20-19(21,22)12-26-18-9-8-14(11-23-18)16-6-3-5-15(24-16)10-13-4-1-2-7-17(13)25/h1-9,11,25H,10,12H2. The van der Waals surface area contributed by atoms with Crippen molar-refractivity contribution in [2.45, 2.75) is 12.6 Å². The number of hydrogen-bond donors (Lipinski definition) is 1. The van der Waals surface area contributed by atoms with Crippen LogP contribution in [0.4, 0.5) is 13.2 Å². The minimum Gasteiger partial charge on any atom is -0.508 e. The van der Waals surface area contributed by atoms with Gasteiger partial charge in [-0.2, -0.15) is 13.2 Å². The van der Waals surface area contributed by atoms with Gasteiger partial charge in [0.2, 0.25) is 5.88 Å². The van der Waals surface area contributed by atoms with Crippen LogP contribution in [0.15, 0.2) is 60.8 Å². The summed E-state index contributed by atoms with van der Waals surface area (Å²) in [6.07, 6.45) is -2.53. The van der Waals surface area contributed by atoms with Gasteiger partial charge in [-0.25, -0.2) is 4.98 Å². The fourth-order valence-electron chi connectivity index (χ4n) is 2.37. The van der Waals surface area contributed by atoms with Crippen LogP contribution in [0.25, 0.3) is 11.3 Å². The highest BCUT2D eigenvalue weighted by molar-refractivity contribution is 5.58. The van der Waals surface area contributed by atoms with Crippen LogP contribution in [0.3, 0.4) is 0 Å². The first-order chi connectivity index (χ1) is 12.4. The van der Waals surface area contributed by atoms with E-state index in [-0.39, 0.29) is 11.6 Å². The van der Waals surface area contributed by atoms with E-state index in [1.54, 1.807) is 24.3 Å². The maximum Gasteiger partial charge on any atom is 0.422 e. The van der Waals surface area contributed by atoms with Crippen LogP contribution in [-0.4, -0.2) is 27.9 Å². The number of pyridine rings is 2. The predicted molar refractivity (Wildman–Crippen MR) is 89.9 cm³/mol. The van der Waals surface area contributed by atoms with E-state index in [1.807, 2.05) is 24.3 Å². The van der Waals surface area contributed by atoms with Gasteiger partial charge in [-0.05, 0) is 29.8 Å². The van der Waals surface area contributed by atoms with Crippen molar-refractivity contribution < 1.29 is 23.0 Å². The van der Waals surface area contributed by atoms with Gasteiger partial charge in [0.25, 0.3) is 0 Å². The lowest BCUT2D eigenvalue weighted by atomic mass is 10.1. The molecule has 0 saturated carbocycles. The Morgan fingerprint density at radius 2 is 1.77 bits per heavy atom. The number of nitrogens with zero attached hydrogens (tertiary/aromatic N) is 2. The van der Waals surface area contributed by atoms with Crippen molar-refractivity contribution in [2.24, 2.45) is 0 Å². The molecule has 3 aromatic rings. The Labute approximate surface area is 147 Å². The molecular weight excluding hydrogens is 345 g/mol. The monoisotopic (exact) mass is 360 g/mol. The molecule has 7 heteroatoms. The molecule has 0 fully saturated rings. The molecule has 0 atom stereocenters. The molecule has 0 aliphatic rings. The minimum absolute atomic E-state index is 0.101. The molecule has 2 heterocycles. The maximum atomic E-state index is 12.2. The van der Waals surface area contributed by atoms with E-state index in [1.165, 1.54) is 12.3 Å². The molecule has 26 heavy (non-hydrogen) atoms. The molecule has 1 N–H and O–H groups in total. The van der Waals surface area contributed by atoms with Gasteiger partial charge in [0, 0.05) is 29.9 Å². The number of para-hydroxylation sites is 1. The van der Waals surface area contributed by atoms with Gasteiger partial charge in [-0.1, -0.05) is 24.3 Å². The Kier molecular flexibility index (Phi) is 5.06. The van der Waals surface area contributed by atoms with Gasteiger partial charge in [-0.15, -0.1) is 0 Å². The fraction of sp³-hybridized carbons (Fsp3) is 0.158. The summed E-state index contributed by atoms with van der Waals surface area (Å²) in [7, 11) is 0. The molecule has 0 aliphatic heterocycles. The van der Waals surface area contributed by atoms with E-state index in [0.717, 1.165) is 11.3 Å². The molecule has 1 aromatic carbocycles. The van der Waals surface area contributed by atoms with Crippen molar-refractivity contribution in [2.75, 3.05) is 6.61 Å². The van der Waals surface area contributed by atoms with Crippen molar-refractivity contribution in [1.82, 2.24) is 9.97 Å². The van der Waals surface area contributed by atoms with Crippen molar-refractivity contribution in [3.63, 3.8) is 0 Å². The average Bonchev–Trinajstić information content (AvgIpc) is 2.62. The molecule has 134 valence electrons. The van der Waals surface area contributed by atoms with Crippen LogP contribution in [0.1, 0.15) is 11.3 Å². The minimum atomic E-state index is -4.40. The van der Waals surface area contributed by atoms with Gasteiger partial charge >= 0.3 is 6.18 Å². The van der Waals surface area contributed by atoms with Crippen LogP contribution >= 0.6 is 0 Å². The first-order valence-electron chi connectivity index (χ1n) is 7.79. The number of rotatable bonds is 5. The number of aromatic nitrogens is 2. The maximum absolute atomic E-state index is 12.2. The highest BCUT2D eigenvalue weighted by Gasteiger charge is 2.28. The molecule has 0 bridgehead atoms. The number of ether oxygens (including phenoxy) is 1. The zero-order chi connectivity index (χ0) is 18.6. The number of phenols is 1. The van der Waals surface area contributed by atoms with Crippen molar-refractivity contribution in [3.05, 3.63) is 72.1 Å². The van der Waals surface area contributed by atoms with Crippen molar-refractivity contribution in [3.8, 4) is 22.9 Å². The van der Waals surface area contributed by atoms with Gasteiger partial charge in [0.05, 0.1) is 5.69 Å². The number of hydrogen-bond acceptors (Lipinski definition) is 4. The number of phenolic OH excluding ortho intramolecular Hbond substituents is 1. The molecular formula is C19H15F3N2O2. The summed E-state index contributed by atoms with van der Waals surface area (Å²) in [6.45, 7) is -1.38. The lowest BCUT2D eigenvalue weighted by Crippen LogP contribution is -2.19. The van der Waals surface area contributed by atoms with E-state index < -0.39 is 12.8 Å². The topological polar surface area (TPSA) is 55.2 Å². The molecule has 3 rings (SSSR count). The van der Waals surface area contributed by atoms with E-state index in [2.05, 4.69) is 14.7 Å². The van der Waals surface area contributed by atoms with Crippen LogP contribution in [0.5, 0.6) is 11.6 Å². The SMILES string of the molecule is Oc1ccccc1Cc1cccc(-c2ccc(OCC(F)(F)F)nc2)n1. The van der Waals surface area contributed by atoms with Crippen LogP contribution < -0.4 is 4.74 Å². The Bertz CT molecular complexity index is 880. The Hall–Kier alpha value is -3.09. The highest BCUT2D eigenvalue weighted by Crippen LogP contribution is 2.23. The molecule has 0 spiro atoms. The quantitative estimate of drug-likeness (QED) is 0.734. The predicted octanol–water partition coefficient (Wildman–Crippen LogP) is 4.38. The van der Waals surface area contributed by atoms with Gasteiger partial charge in [-0.3, -0.25) is 4.98 Å². The number of halogens is 3. The summed E-state index contributed by atoms with van der Waals surface area (Å²) in [5, 5.41) is 9.86. The Balaban J connectivity index is 1.74. The summed E-state index contributed by atoms with van der Waals surface area (Å²) in [5.74, 6) is 0.101. The molecule has 0 saturated heterocycles. The summed E-state index contributed by atoms with van der Waals surface area (Å²) < 4.78 is 41.1. The second-order valence-electron chi connectivity index (χ2n) is 5.61. The second-order valence-corrected chi connectivity index (χ2v) is 5.61. The lowest BCUT2D eigenvalue weighted by Gasteiger charge is -2.09. The summed E-state index contributed by atoms with van der Waals surface area (Å²) >= 11 is 0. The van der Waals surface area contributed by atoms with Crippen molar-refractivity contribution in [1.29, 1.82) is 0 Å². The molecule has 4 nitrogen and oxygen atoms in total. The third-order valence-corrected chi connectivity index (χ3v) is 3.59.